The van der Waals surface area contributed by atoms with E-state index in [2.05, 4.69) is 19.1 Å². The summed E-state index contributed by atoms with van der Waals surface area (Å²) in [5.74, 6) is 0. The first-order chi connectivity index (χ1) is 8.86. The van der Waals surface area contributed by atoms with Gasteiger partial charge in [0.2, 0.25) is 0 Å². The Morgan fingerprint density at radius 1 is 1.22 bits per heavy atom. The van der Waals surface area contributed by atoms with E-state index in [0.717, 1.165) is 6.42 Å². The van der Waals surface area contributed by atoms with Gasteiger partial charge in [0.1, 0.15) is 0 Å². The van der Waals surface area contributed by atoms with Crippen LogP contribution in [0.4, 0.5) is 0 Å². The molecular weight excluding hydrogens is 243 g/mol. The average Bonchev–Trinajstić information content (AvgIpc) is 2.40. The maximum Gasteiger partial charge on any atom is 0.155 e. The van der Waals surface area contributed by atoms with Crippen LogP contribution in [0.1, 0.15) is 25.8 Å². The van der Waals surface area contributed by atoms with Crippen molar-refractivity contribution in [1.82, 2.24) is 0 Å². The van der Waals surface area contributed by atoms with Crippen LogP contribution in [0.5, 0.6) is 0 Å². The van der Waals surface area contributed by atoms with Crippen molar-refractivity contribution in [3.05, 3.63) is 59.7 Å². The number of hydrogen-bond donors (Lipinski definition) is 0. The molecule has 0 spiro atoms. The lowest BCUT2D eigenvalue weighted by Crippen LogP contribution is -1.91. The van der Waals surface area contributed by atoms with Crippen LogP contribution in [0.2, 0.25) is 0 Å². The van der Waals surface area contributed by atoms with Crippen molar-refractivity contribution in [3.8, 4) is 0 Å². The number of allylic oxidation sites excluding steroid dienone is 2. The highest BCUT2D eigenvalue weighted by Crippen LogP contribution is 2.18. The zero-order valence-electron chi connectivity index (χ0n) is 11.1. The minimum absolute atomic E-state index is 0.0847. The lowest BCUT2D eigenvalue weighted by atomic mass is 10.2. The van der Waals surface area contributed by atoms with E-state index in [1.165, 1.54) is 11.1 Å². The molecule has 0 heterocycles. The maximum atomic E-state index is 5.51. The van der Waals surface area contributed by atoms with Crippen LogP contribution in [0.3, 0.4) is 0 Å². The van der Waals surface area contributed by atoms with E-state index >= 15 is 0 Å². The number of benzene rings is 1. The third-order valence-electron chi connectivity index (χ3n) is 2.29. The van der Waals surface area contributed by atoms with E-state index in [1.807, 2.05) is 43.3 Å². The Morgan fingerprint density at radius 3 is 2.67 bits per heavy atom. The highest BCUT2D eigenvalue weighted by atomic mass is 31.1. The van der Waals surface area contributed by atoms with Gasteiger partial charge in [-0.3, -0.25) is 0 Å². The molecule has 98 valence electrons. The van der Waals surface area contributed by atoms with Crippen LogP contribution in [-0.2, 0) is 15.7 Å². The largest absolute Gasteiger partial charge is 0.331 e. The number of hydrogen-bond acceptors (Lipinski definition) is 2. The first-order valence-corrected chi connectivity index (χ1v) is 7.02. The summed E-state index contributed by atoms with van der Waals surface area (Å²) in [4.78, 5) is 0. The summed E-state index contributed by atoms with van der Waals surface area (Å²) in [6.45, 7) is 5.36. The normalized spacial score (nSPS) is 12.9. The highest BCUT2D eigenvalue weighted by molar-refractivity contribution is 7.26. The van der Waals surface area contributed by atoms with Crippen molar-refractivity contribution < 1.29 is 9.05 Å². The Morgan fingerprint density at radius 2 is 2.00 bits per heavy atom. The first kappa shape index (κ1) is 15.1. The summed E-state index contributed by atoms with van der Waals surface area (Å²) >= 11 is 0. The standard InChI is InChI=1S/C15H21O2P/c1-3-8-14(9-4-2)12-16-18-17-13-15-10-6-5-7-11-15/h3,5-11,18H,4,12-13H2,1-2H3/b8-3-,14-9+. The molecule has 0 N–H and O–H groups in total. The second kappa shape index (κ2) is 10.0. The van der Waals surface area contributed by atoms with Gasteiger partial charge in [-0.05, 0) is 24.5 Å². The van der Waals surface area contributed by atoms with Gasteiger partial charge < -0.3 is 9.05 Å². The Bertz CT molecular complexity index is 371. The SMILES string of the molecule is C/C=C\C(=C/CC)COPOCc1ccccc1. The molecule has 1 atom stereocenters. The average molecular weight is 264 g/mol. The Kier molecular flexibility index (Phi) is 8.41. The quantitative estimate of drug-likeness (QED) is 0.387. The van der Waals surface area contributed by atoms with E-state index in [4.69, 9.17) is 9.05 Å². The zero-order valence-corrected chi connectivity index (χ0v) is 12.1. The smallest absolute Gasteiger partial charge is 0.155 e. The van der Waals surface area contributed by atoms with E-state index in [1.54, 1.807) is 0 Å². The fourth-order valence-corrected chi connectivity index (χ4v) is 2.03. The third-order valence-corrected chi connectivity index (χ3v) is 2.81. The molecule has 0 bridgehead atoms. The van der Waals surface area contributed by atoms with Crippen molar-refractivity contribution in [2.75, 3.05) is 6.61 Å². The summed E-state index contributed by atoms with van der Waals surface area (Å²) in [5, 5.41) is 0. The van der Waals surface area contributed by atoms with Gasteiger partial charge in [-0.25, -0.2) is 0 Å². The van der Waals surface area contributed by atoms with Crippen molar-refractivity contribution in [3.63, 3.8) is 0 Å². The van der Waals surface area contributed by atoms with Crippen LogP contribution in [0.15, 0.2) is 54.1 Å². The summed E-state index contributed by atoms with van der Waals surface area (Å²) < 4.78 is 11.0. The van der Waals surface area contributed by atoms with Crippen molar-refractivity contribution in [2.24, 2.45) is 0 Å². The summed E-state index contributed by atoms with van der Waals surface area (Å²) in [6, 6.07) is 10.1. The maximum absolute atomic E-state index is 5.51. The third kappa shape index (κ3) is 6.70. The molecule has 0 radical (unpaired) electrons. The Hall–Kier alpha value is -0.950. The van der Waals surface area contributed by atoms with Gasteiger partial charge >= 0.3 is 0 Å². The lowest BCUT2D eigenvalue weighted by Gasteiger charge is -2.06. The Balaban J connectivity index is 2.16. The van der Waals surface area contributed by atoms with E-state index < -0.39 is 0 Å². The lowest BCUT2D eigenvalue weighted by molar-refractivity contribution is 0.274. The first-order valence-electron chi connectivity index (χ1n) is 6.21. The zero-order chi connectivity index (χ0) is 13.1. The van der Waals surface area contributed by atoms with Crippen molar-refractivity contribution in [1.29, 1.82) is 0 Å². The fraction of sp³-hybridized carbons (Fsp3) is 0.333. The minimum atomic E-state index is 0.0847. The molecular formula is C15H21O2P. The highest BCUT2D eigenvalue weighted by Gasteiger charge is 1.95. The molecule has 0 saturated carbocycles. The predicted molar refractivity (Wildman–Crippen MR) is 78.7 cm³/mol. The van der Waals surface area contributed by atoms with Gasteiger partial charge in [-0.2, -0.15) is 0 Å². The van der Waals surface area contributed by atoms with E-state index in [0.29, 0.717) is 13.2 Å². The van der Waals surface area contributed by atoms with Gasteiger partial charge in [0.15, 0.2) is 9.03 Å². The molecule has 0 aliphatic carbocycles. The monoisotopic (exact) mass is 264 g/mol. The van der Waals surface area contributed by atoms with Crippen LogP contribution in [0, 0.1) is 0 Å². The van der Waals surface area contributed by atoms with Crippen molar-refractivity contribution in [2.45, 2.75) is 26.9 Å². The van der Waals surface area contributed by atoms with Crippen LogP contribution in [-0.4, -0.2) is 6.61 Å². The Labute approximate surface area is 112 Å². The molecule has 1 unspecified atom stereocenters. The molecule has 1 aromatic rings. The van der Waals surface area contributed by atoms with Gasteiger partial charge in [0.05, 0.1) is 13.2 Å². The molecule has 0 fully saturated rings. The number of rotatable bonds is 8. The molecule has 0 saturated heterocycles. The predicted octanol–water partition coefficient (Wildman–Crippen LogP) is 4.64. The molecule has 0 amide bonds. The molecule has 0 aliphatic heterocycles. The van der Waals surface area contributed by atoms with Crippen LogP contribution >= 0.6 is 9.03 Å². The molecule has 0 aliphatic rings. The molecule has 1 rings (SSSR count). The second-order valence-electron chi connectivity index (χ2n) is 3.83. The molecule has 3 heteroatoms. The van der Waals surface area contributed by atoms with Crippen LogP contribution < -0.4 is 0 Å². The van der Waals surface area contributed by atoms with E-state index in [-0.39, 0.29) is 9.03 Å². The van der Waals surface area contributed by atoms with Crippen LogP contribution in [0.25, 0.3) is 0 Å². The molecule has 18 heavy (non-hydrogen) atoms. The molecule has 0 aromatic heterocycles. The van der Waals surface area contributed by atoms with Gasteiger partial charge in [-0.15, -0.1) is 0 Å². The molecule has 1 aromatic carbocycles. The topological polar surface area (TPSA) is 18.5 Å². The summed E-state index contributed by atoms with van der Waals surface area (Å²) in [5.41, 5.74) is 2.38. The van der Waals surface area contributed by atoms with Crippen molar-refractivity contribution >= 4 is 9.03 Å². The molecule has 2 nitrogen and oxygen atoms in total. The van der Waals surface area contributed by atoms with Gasteiger partial charge in [0.25, 0.3) is 0 Å². The summed E-state index contributed by atoms with van der Waals surface area (Å²) in [6.07, 6.45) is 7.29. The van der Waals surface area contributed by atoms with E-state index in [9.17, 15) is 0 Å². The second-order valence-corrected chi connectivity index (χ2v) is 4.58. The van der Waals surface area contributed by atoms with Gasteiger partial charge in [0, 0.05) is 0 Å². The fourth-order valence-electron chi connectivity index (χ4n) is 1.49. The minimum Gasteiger partial charge on any atom is -0.331 e. The summed E-state index contributed by atoms with van der Waals surface area (Å²) in [7, 11) is 0.0847. The van der Waals surface area contributed by atoms with Gasteiger partial charge in [-0.1, -0.05) is 55.5 Å².